The van der Waals surface area contributed by atoms with Gasteiger partial charge in [0.2, 0.25) is 0 Å². The maximum Gasteiger partial charge on any atom is 0.300 e. The van der Waals surface area contributed by atoms with Crippen molar-refractivity contribution in [2.24, 2.45) is 0 Å². The van der Waals surface area contributed by atoms with Crippen LogP contribution in [0.1, 0.15) is 22.0 Å². The number of anilines is 1. The maximum atomic E-state index is 13.1. The van der Waals surface area contributed by atoms with Crippen molar-refractivity contribution in [2.75, 3.05) is 19.1 Å². The Hall–Kier alpha value is -3.58. The predicted octanol–water partition coefficient (Wildman–Crippen LogP) is 4.70. The Balaban J connectivity index is 1.91. The number of ketones is 1. The fourth-order valence-corrected chi connectivity index (χ4v) is 4.56. The monoisotopic (exact) mass is 435 g/mol. The molecule has 1 amide bonds. The summed E-state index contributed by atoms with van der Waals surface area (Å²) in [6, 6.07) is 15.2. The first-order valence-corrected chi connectivity index (χ1v) is 10.5. The number of hydrogen-bond acceptors (Lipinski definition) is 6. The van der Waals surface area contributed by atoms with Crippen LogP contribution in [0.4, 0.5) is 5.69 Å². The molecule has 31 heavy (non-hydrogen) atoms. The molecule has 0 bridgehead atoms. The molecule has 6 nitrogen and oxygen atoms in total. The second-order valence-corrected chi connectivity index (χ2v) is 8.07. The Kier molecular flexibility index (Phi) is 5.52. The van der Waals surface area contributed by atoms with E-state index in [0.717, 1.165) is 10.4 Å². The highest BCUT2D eigenvalue weighted by atomic mass is 32.1. The van der Waals surface area contributed by atoms with Crippen molar-refractivity contribution in [3.63, 3.8) is 0 Å². The number of thiophene rings is 1. The van der Waals surface area contributed by atoms with Crippen LogP contribution < -0.4 is 14.4 Å². The zero-order valence-corrected chi connectivity index (χ0v) is 18.1. The molecule has 0 saturated carbocycles. The number of carbonyl (C=O) groups is 2. The fraction of sp³-hybridized carbons (Fsp3) is 0.167. The molecular formula is C24H21NO5S. The van der Waals surface area contributed by atoms with Crippen molar-refractivity contribution < 1.29 is 24.2 Å². The van der Waals surface area contributed by atoms with Crippen molar-refractivity contribution in [3.05, 3.63) is 81.6 Å². The van der Waals surface area contributed by atoms with Crippen LogP contribution in [-0.2, 0) is 9.59 Å². The summed E-state index contributed by atoms with van der Waals surface area (Å²) in [4.78, 5) is 28.4. The van der Waals surface area contributed by atoms with Gasteiger partial charge in [-0.1, -0.05) is 18.2 Å². The summed E-state index contributed by atoms with van der Waals surface area (Å²) in [5, 5.41) is 13.0. The van der Waals surface area contributed by atoms with E-state index in [-0.39, 0.29) is 11.3 Å². The molecule has 158 valence electrons. The molecule has 1 saturated heterocycles. The molecule has 0 aliphatic carbocycles. The highest BCUT2D eigenvalue weighted by Crippen LogP contribution is 2.44. The van der Waals surface area contributed by atoms with E-state index in [9.17, 15) is 14.7 Å². The first-order chi connectivity index (χ1) is 15.0. The molecule has 2 heterocycles. The number of nitrogens with zero attached hydrogens (tertiary/aromatic N) is 1. The van der Waals surface area contributed by atoms with Gasteiger partial charge in [-0.25, -0.2) is 0 Å². The fourth-order valence-electron chi connectivity index (χ4n) is 3.73. The van der Waals surface area contributed by atoms with Gasteiger partial charge in [0.25, 0.3) is 11.7 Å². The highest BCUT2D eigenvalue weighted by molar-refractivity contribution is 7.10. The number of benzene rings is 2. The predicted molar refractivity (Wildman–Crippen MR) is 120 cm³/mol. The van der Waals surface area contributed by atoms with Crippen LogP contribution in [0.3, 0.4) is 0 Å². The highest BCUT2D eigenvalue weighted by Gasteiger charge is 2.47. The standard InChI is InChI=1S/C24H21NO5S/c1-14-6-4-7-16(12-14)25-21(19-8-5-11-31-19)20(23(27)24(25)28)22(26)15-9-10-17(29-2)18(13-15)30-3/h4-13,21,26H,1-3H3/b22-20-. The van der Waals surface area contributed by atoms with Gasteiger partial charge < -0.3 is 14.6 Å². The lowest BCUT2D eigenvalue weighted by atomic mass is 9.99. The van der Waals surface area contributed by atoms with Crippen LogP contribution in [0.5, 0.6) is 11.5 Å². The third-order valence-corrected chi connectivity index (χ3v) is 6.12. The topological polar surface area (TPSA) is 76.1 Å². The third-order valence-electron chi connectivity index (χ3n) is 5.19. The number of amides is 1. The van der Waals surface area contributed by atoms with Crippen LogP contribution in [0.25, 0.3) is 5.76 Å². The van der Waals surface area contributed by atoms with E-state index in [1.165, 1.54) is 30.5 Å². The Bertz CT molecular complexity index is 1180. The Morgan fingerprint density at radius 1 is 1.00 bits per heavy atom. The molecular weight excluding hydrogens is 414 g/mol. The maximum absolute atomic E-state index is 13.1. The molecule has 1 unspecified atom stereocenters. The van der Waals surface area contributed by atoms with Crippen molar-refractivity contribution >= 4 is 34.5 Å². The molecule has 1 N–H and O–H groups in total. The molecule has 7 heteroatoms. The summed E-state index contributed by atoms with van der Waals surface area (Å²) >= 11 is 1.42. The Morgan fingerprint density at radius 2 is 1.77 bits per heavy atom. The summed E-state index contributed by atoms with van der Waals surface area (Å²) in [7, 11) is 3.01. The first kappa shape index (κ1) is 20.7. The number of aliphatic hydroxyl groups is 1. The average Bonchev–Trinajstić information content (AvgIpc) is 3.39. The minimum atomic E-state index is -0.729. The second kappa shape index (κ2) is 8.28. The number of methoxy groups -OCH3 is 2. The Labute approximate surface area is 184 Å². The summed E-state index contributed by atoms with van der Waals surface area (Å²) < 4.78 is 10.6. The lowest BCUT2D eigenvalue weighted by Crippen LogP contribution is -2.29. The SMILES string of the molecule is COc1ccc(/C(O)=C2/C(=O)C(=O)N(c3cccc(C)c3)C2c2cccs2)cc1OC. The minimum absolute atomic E-state index is 0.0428. The van der Waals surface area contributed by atoms with Gasteiger partial charge in [-0.15, -0.1) is 11.3 Å². The lowest BCUT2D eigenvalue weighted by molar-refractivity contribution is -0.132. The number of Topliss-reactive ketones (excluding diaryl/α,β-unsaturated/α-hetero) is 1. The van der Waals surface area contributed by atoms with Gasteiger partial charge in [-0.2, -0.15) is 0 Å². The number of aliphatic hydroxyl groups excluding tert-OH is 1. The van der Waals surface area contributed by atoms with E-state index in [2.05, 4.69) is 0 Å². The smallest absolute Gasteiger partial charge is 0.300 e. The number of aryl methyl sites for hydroxylation is 1. The normalized spacial score (nSPS) is 17.8. The molecule has 2 aromatic carbocycles. The van der Waals surface area contributed by atoms with Gasteiger partial charge >= 0.3 is 0 Å². The summed E-state index contributed by atoms with van der Waals surface area (Å²) in [6.07, 6.45) is 0. The van der Waals surface area contributed by atoms with Crippen LogP contribution in [0.2, 0.25) is 0 Å². The van der Waals surface area contributed by atoms with Crippen LogP contribution in [0, 0.1) is 6.92 Å². The van der Waals surface area contributed by atoms with E-state index in [4.69, 9.17) is 9.47 Å². The average molecular weight is 436 g/mol. The number of hydrogen-bond donors (Lipinski definition) is 1. The van der Waals surface area contributed by atoms with E-state index >= 15 is 0 Å². The van der Waals surface area contributed by atoms with Gasteiger partial charge in [0.05, 0.1) is 19.8 Å². The molecule has 0 radical (unpaired) electrons. The minimum Gasteiger partial charge on any atom is -0.507 e. The van der Waals surface area contributed by atoms with Crippen molar-refractivity contribution in [3.8, 4) is 11.5 Å². The second-order valence-electron chi connectivity index (χ2n) is 7.09. The zero-order chi connectivity index (χ0) is 22.1. The largest absolute Gasteiger partial charge is 0.507 e. The quantitative estimate of drug-likeness (QED) is 0.357. The van der Waals surface area contributed by atoms with Crippen LogP contribution >= 0.6 is 11.3 Å². The molecule has 1 aliphatic rings. The number of carbonyl (C=O) groups excluding carboxylic acids is 2. The number of ether oxygens (including phenoxy) is 2. The van der Waals surface area contributed by atoms with Crippen molar-refractivity contribution in [1.29, 1.82) is 0 Å². The molecule has 4 rings (SSSR count). The van der Waals surface area contributed by atoms with Gasteiger partial charge in [0.1, 0.15) is 11.8 Å². The summed E-state index contributed by atoms with van der Waals surface area (Å²) in [5.41, 5.74) is 1.97. The molecule has 1 aliphatic heterocycles. The van der Waals surface area contributed by atoms with E-state index in [0.29, 0.717) is 22.7 Å². The van der Waals surface area contributed by atoms with Crippen molar-refractivity contribution in [1.82, 2.24) is 0 Å². The number of rotatable bonds is 5. The van der Waals surface area contributed by atoms with Gasteiger partial charge in [0, 0.05) is 16.1 Å². The summed E-state index contributed by atoms with van der Waals surface area (Å²) in [5.74, 6) is -0.757. The molecule has 1 aromatic heterocycles. The summed E-state index contributed by atoms with van der Waals surface area (Å²) in [6.45, 7) is 1.92. The van der Waals surface area contributed by atoms with E-state index < -0.39 is 17.7 Å². The van der Waals surface area contributed by atoms with Crippen LogP contribution in [-0.4, -0.2) is 31.0 Å². The van der Waals surface area contributed by atoms with Gasteiger partial charge in [-0.05, 0) is 54.3 Å². The van der Waals surface area contributed by atoms with Crippen molar-refractivity contribution in [2.45, 2.75) is 13.0 Å². The molecule has 1 fully saturated rings. The Morgan fingerprint density at radius 3 is 2.42 bits per heavy atom. The van der Waals surface area contributed by atoms with Gasteiger partial charge in [-0.3, -0.25) is 14.5 Å². The first-order valence-electron chi connectivity index (χ1n) is 9.59. The molecule has 3 aromatic rings. The molecule has 0 spiro atoms. The van der Waals surface area contributed by atoms with Crippen LogP contribution in [0.15, 0.2) is 65.6 Å². The lowest BCUT2D eigenvalue weighted by Gasteiger charge is -2.24. The van der Waals surface area contributed by atoms with Gasteiger partial charge in [0.15, 0.2) is 11.5 Å². The third kappa shape index (κ3) is 3.57. The van der Waals surface area contributed by atoms with E-state index in [1.54, 1.807) is 24.3 Å². The zero-order valence-electron chi connectivity index (χ0n) is 17.3. The molecule has 1 atom stereocenters. The van der Waals surface area contributed by atoms with E-state index in [1.807, 2.05) is 42.6 Å².